The summed E-state index contributed by atoms with van der Waals surface area (Å²) >= 11 is 7.01. The molecule has 0 amide bonds. The van der Waals surface area contributed by atoms with E-state index in [1.54, 1.807) is 0 Å². The van der Waals surface area contributed by atoms with Crippen LogP contribution in [0.15, 0.2) is 28.7 Å². The lowest BCUT2D eigenvalue weighted by Crippen LogP contribution is -2.07. The molecule has 0 saturated heterocycles. The van der Waals surface area contributed by atoms with Gasteiger partial charge in [-0.25, -0.2) is 0 Å². The molecule has 1 nitrogen and oxygen atoms in total. The van der Waals surface area contributed by atoms with Crippen LogP contribution in [0.2, 0.25) is 0 Å². The summed E-state index contributed by atoms with van der Waals surface area (Å²) < 4.78 is 7.03. The molecule has 1 aliphatic rings. The van der Waals surface area contributed by atoms with Crippen LogP contribution in [0.25, 0.3) is 0 Å². The van der Waals surface area contributed by atoms with Crippen LogP contribution in [0.5, 0.6) is 0 Å². The second kappa shape index (κ2) is 6.18. The lowest BCUT2D eigenvalue weighted by atomic mass is 10.1. The maximum Gasteiger partial charge on any atom is 0.0922 e. The number of rotatable bonds is 6. The largest absolute Gasteiger partial charge is 0.373 e. The zero-order valence-electron chi connectivity index (χ0n) is 9.16. The van der Waals surface area contributed by atoms with Crippen molar-refractivity contribution < 1.29 is 4.74 Å². The number of hydrogen-bond donors (Lipinski definition) is 0. The molecule has 0 N–H and O–H groups in total. The first-order valence-corrected chi connectivity index (χ1v) is 7.64. The SMILES string of the molecule is BrCC(OCCC1CC1)c1cccc(Br)c1. The predicted molar refractivity (Wildman–Crippen MR) is 74.0 cm³/mol. The molecule has 3 heteroatoms. The van der Waals surface area contributed by atoms with Crippen LogP contribution >= 0.6 is 31.9 Å². The number of halogens is 2. The molecule has 1 unspecified atom stereocenters. The summed E-state index contributed by atoms with van der Waals surface area (Å²) in [5, 5.41) is 0.855. The Morgan fingerprint density at radius 3 is 2.81 bits per heavy atom. The third-order valence-corrected chi connectivity index (χ3v) is 3.98. The van der Waals surface area contributed by atoms with Gasteiger partial charge in [0.05, 0.1) is 6.10 Å². The van der Waals surface area contributed by atoms with E-state index >= 15 is 0 Å². The fraction of sp³-hybridized carbons (Fsp3) is 0.538. The van der Waals surface area contributed by atoms with Gasteiger partial charge in [-0.2, -0.15) is 0 Å². The van der Waals surface area contributed by atoms with Gasteiger partial charge in [0, 0.05) is 16.4 Å². The van der Waals surface area contributed by atoms with Crippen LogP contribution in [0, 0.1) is 5.92 Å². The molecule has 2 rings (SSSR count). The van der Waals surface area contributed by atoms with Crippen molar-refractivity contribution in [3.05, 3.63) is 34.3 Å². The predicted octanol–water partition coefficient (Wildman–Crippen LogP) is 4.70. The summed E-state index contributed by atoms with van der Waals surface area (Å²) in [6, 6.07) is 8.34. The van der Waals surface area contributed by atoms with Gasteiger partial charge in [-0.05, 0) is 30.0 Å². The molecule has 1 aromatic carbocycles. The van der Waals surface area contributed by atoms with Crippen LogP contribution in [0.1, 0.15) is 30.9 Å². The number of hydrogen-bond acceptors (Lipinski definition) is 1. The van der Waals surface area contributed by atoms with E-state index in [-0.39, 0.29) is 6.10 Å². The number of benzene rings is 1. The highest BCUT2D eigenvalue weighted by molar-refractivity contribution is 9.10. The van der Waals surface area contributed by atoms with Gasteiger partial charge >= 0.3 is 0 Å². The van der Waals surface area contributed by atoms with Crippen molar-refractivity contribution in [2.24, 2.45) is 5.92 Å². The van der Waals surface area contributed by atoms with Gasteiger partial charge in [-0.15, -0.1) is 0 Å². The fourth-order valence-electron chi connectivity index (χ4n) is 1.72. The first-order chi connectivity index (χ1) is 7.79. The molecule has 1 aliphatic carbocycles. The van der Waals surface area contributed by atoms with E-state index in [1.807, 2.05) is 6.07 Å². The maximum absolute atomic E-state index is 5.92. The Hall–Kier alpha value is 0.140. The zero-order valence-corrected chi connectivity index (χ0v) is 12.3. The van der Waals surface area contributed by atoms with Crippen molar-refractivity contribution in [3.8, 4) is 0 Å². The quantitative estimate of drug-likeness (QED) is 0.677. The van der Waals surface area contributed by atoms with E-state index in [0.29, 0.717) is 0 Å². The Kier molecular flexibility index (Phi) is 4.86. The third kappa shape index (κ3) is 3.86. The fourth-order valence-corrected chi connectivity index (χ4v) is 2.70. The first-order valence-electron chi connectivity index (χ1n) is 5.72. The monoisotopic (exact) mass is 346 g/mol. The van der Waals surface area contributed by atoms with E-state index in [9.17, 15) is 0 Å². The minimum absolute atomic E-state index is 0.177. The van der Waals surface area contributed by atoms with E-state index in [1.165, 1.54) is 24.8 Å². The van der Waals surface area contributed by atoms with Gasteiger partial charge in [-0.3, -0.25) is 0 Å². The average Bonchev–Trinajstić information content (AvgIpc) is 3.08. The van der Waals surface area contributed by atoms with Gasteiger partial charge in [0.25, 0.3) is 0 Å². The van der Waals surface area contributed by atoms with Crippen molar-refractivity contribution in [2.45, 2.75) is 25.4 Å². The molecule has 0 aromatic heterocycles. The highest BCUT2D eigenvalue weighted by Gasteiger charge is 2.21. The highest BCUT2D eigenvalue weighted by atomic mass is 79.9. The third-order valence-electron chi connectivity index (χ3n) is 2.90. The van der Waals surface area contributed by atoms with Gasteiger partial charge in [0.2, 0.25) is 0 Å². The van der Waals surface area contributed by atoms with Gasteiger partial charge in [0.1, 0.15) is 0 Å². The summed E-state index contributed by atoms with van der Waals surface area (Å²) in [5.74, 6) is 0.943. The first kappa shape index (κ1) is 12.6. The van der Waals surface area contributed by atoms with E-state index in [4.69, 9.17) is 4.74 Å². The molecular weight excluding hydrogens is 332 g/mol. The Balaban J connectivity index is 1.87. The number of ether oxygens (including phenoxy) is 1. The van der Waals surface area contributed by atoms with Crippen LogP contribution in [-0.4, -0.2) is 11.9 Å². The van der Waals surface area contributed by atoms with Crippen molar-refractivity contribution in [2.75, 3.05) is 11.9 Å². The Morgan fingerprint density at radius 1 is 1.38 bits per heavy atom. The van der Waals surface area contributed by atoms with Gasteiger partial charge in [0.15, 0.2) is 0 Å². The molecular formula is C13H16Br2O. The second-order valence-corrected chi connectivity index (χ2v) is 5.86. The van der Waals surface area contributed by atoms with E-state index in [0.717, 1.165) is 22.3 Å². The molecule has 1 atom stereocenters. The molecule has 88 valence electrons. The minimum Gasteiger partial charge on any atom is -0.373 e. The second-order valence-electron chi connectivity index (χ2n) is 4.30. The maximum atomic E-state index is 5.92. The molecule has 1 fully saturated rings. The van der Waals surface area contributed by atoms with Crippen molar-refractivity contribution in [3.63, 3.8) is 0 Å². The summed E-state index contributed by atoms with van der Waals surface area (Å²) in [4.78, 5) is 0. The number of alkyl halides is 1. The zero-order chi connectivity index (χ0) is 11.4. The van der Waals surface area contributed by atoms with Gasteiger partial charge in [-0.1, -0.05) is 56.8 Å². The van der Waals surface area contributed by atoms with Crippen molar-refractivity contribution in [1.82, 2.24) is 0 Å². The van der Waals surface area contributed by atoms with Gasteiger partial charge < -0.3 is 4.74 Å². The van der Waals surface area contributed by atoms with Crippen molar-refractivity contribution >= 4 is 31.9 Å². The molecule has 1 saturated carbocycles. The van der Waals surface area contributed by atoms with E-state index < -0.39 is 0 Å². The Morgan fingerprint density at radius 2 is 2.19 bits per heavy atom. The summed E-state index contributed by atoms with van der Waals surface area (Å²) in [5.41, 5.74) is 1.24. The van der Waals surface area contributed by atoms with E-state index in [2.05, 4.69) is 50.1 Å². The Labute approximate surface area is 114 Å². The molecule has 0 bridgehead atoms. The van der Waals surface area contributed by atoms with Crippen LogP contribution < -0.4 is 0 Å². The highest BCUT2D eigenvalue weighted by Crippen LogP contribution is 2.33. The lowest BCUT2D eigenvalue weighted by molar-refractivity contribution is 0.0654. The molecule has 0 heterocycles. The van der Waals surface area contributed by atoms with Crippen LogP contribution in [-0.2, 0) is 4.74 Å². The molecule has 0 aliphatic heterocycles. The molecule has 0 radical (unpaired) electrons. The normalized spacial score (nSPS) is 17.4. The van der Waals surface area contributed by atoms with Crippen LogP contribution in [0.3, 0.4) is 0 Å². The standard InChI is InChI=1S/C13H16Br2O/c14-9-13(16-7-6-10-4-5-10)11-2-1-3-12(15)8-11/h1-3,8,10,13H,4-7,9H2. The smallest absolute Gasteiger partial charge is 0.0922 e. The summed E-state index contributed by atoms with van der Waals surface area (Å²) in [6.45, 7) is 0.882. The topological polar surface area (TPSA) is 9.23 Å². The lowest BCUT2D eigenvalue weighted by Gasteiger charge is -2.16. The summed E-state index contributed by atoms with van der Waals surface area (Å²) in [6.07, 6.45) is 4.20. The average molecular weight is 348 g/mol. The van der Waals surface area contributed by atoms with Crippen LogP contribution in [0.4, 0.5) is 0 Å². The molecule has 1 aromatic rings. The molecule has 16 heavy (non-hydrogen) atoms. The van der Waals surface area contributed by atoms with Crippen molar-refractivity contribution in [1.29, 1.82) is 0 Å². The minimum atomic E-state index is 0.177. The molecule has 0 spiro atoms. The Bertz CT molecular complexity index is 336. The summed E-state index contributed by atoms with van der Waals surface area (Å²) in [7, 11) is 0.